The van der Waals surface area contributed by atoms with Gasteiger partial charge in [0.15, 0.2) is 0 Å². The maximum Gasteiger partial charge on any atom is 0.206 e. The molecule has 2 aromatic rings. The van der Waals surface area contributed by atoms with Crippen LogP contribution in [0.15, 0.2) is 48.0 Å². The van der Waals surface area contributed by atoms with Crippen molar-refractivity contribution in [2.24, 2.45) is 17.8 Å². The monoisotopic (exact) mass is 427 g/mol. The van der Waals surface area contributed by atoms with Gasteiger partial charge in [-0.3, -0.25) is 0 Å². The second-order valence-electron chi connectivity index (χ2n) is 11.9. The number of hydrogen-bond acceptors (Lipinski definition) is 1. The van der Waals surface area contributed by atoms with E-state index in [1.165, 1.54) is 59.9 Å². The summed E-state index contributed by atoms with van der Waals surface area (Å²) >= 11 is 0. The van der Waals surface area contributed by atoms with Gasteiger partial charge in [0, 0.05) is 0 Å². The van der Waals surface area contributed by atoms with E-state index in [9.17, 15) is 0 Å². The second kappa shape index (κ2) is 6.68. The van der Waals surface area contributed by atoms with Gasteiger partial charge in [-0.2, -0.15) is 0 Å². The van der Waals surface area contributed by atoms with E-state index in [2.05, 4.69) is 76.3 Å². The maximum atomic E-state index is 7.05. The zero-order valence-electron chi connectivity index (χ0n) is 19.7. The minimum atomic E-state index is -0.775. The van der Waals surface area contributed by atoms with Crippen molar-refractivity contribution < 1.29 is 4.43 Å². The smallest absolute Gasteiger partial charge is 0.206 e. The van der Waals surface area contributed by atoms with E-state index in [1.54, 1.807) is 11.1 Å². The first-order valence-electron chi connectivity index (χ1n) is 12.2. The first kappa shape index (κ1) is 20.0. The maximum absolute atomic E-state index is 7.05. The highest BCUT2D eigenvalue weighted by molar-refractivity contribution is 6.48. The third-order valence-corrected chi connectivity index (χ3v) is 9.15. The molecule has 0 aromatic heterocycles. The largest absolute Gasteiger partial charge is 0.408 e. The van der Waals surface area contributed by atoms with Gasteiger partial charge in [0.05, 0.1) is 5.60 Å². The fourth-order valence-electron chi connectivity index (χ4n) is 7.53. The summed E-state index contributed by atoms with van der Waals surface area (Å²) in [6.45, 7) is 11.7. The molecule has 4 bridgehead atoms. The summed E-state index contributed by atoms with van der Waals surface area (Å²) in [7, 11) is -0.775. The predicted octanol–water partition coefficient (Wildman–Crippen LogP) is 7.61. The van der Waals surface area contributed by atoms with Crippen molar-refractivity contribution >= 4 is 14.6 Å². The molecule has 161 valence electrons. The van der Waals surface area contributed by atoms with Gasteiger partial charge in [-0.25, -0.2) is 0 Å². The molecule has 31 heavy (non-hydrogen) atoms. The second-order valence-corrected chi connectivity index (χ2v) is 13.9. The molecule has 0 saturated heterocycles. The van der Waals surface area contributed by atoms with Crippen LogP contribution in [0.2, 0.25) is 13.1 Å². The Morgan fingerprint density at radius 2 is 1.48 bits per heavy atom. The van der Waals surface area contributed by atoms with Gasteiger partial charge in [-0.15, -0.1) is 0 Å². The summed E-state index contributed by atoms with van der Waals surface area (Å²) in [6, 6.07) is 16.4. The van der Waals surface area contributed by atoms with Crippen LogP contribution in [0, 0.1) is 17.8 Å². The molecule has 4 saturated carbocycles. The molecule has 7 rings (SSSR count). The van der Waals surface area contributed by atoms with Crippen LogP contribution in [-0.2, 0) is 9.84 Å². The number of benzene rings is 2. The highest BCUT2D eigenvalue weighted by atomic mass is 28.3. The van der Waals surface area contributed by atoms with E-state index >= 15 is 0 Å². The zero-order chi connectivity index (χ0) is 21.5. The van der Waals surface area contributed by atoms with Crippen LogP contribution < -0.4 is 0 Å². The van der Waals surface area contributed by atoms with Crippen molar-refractivity contribution in [2.75, 3.05) is 0 Å². The third kappa shape index (κ3) is 2.98. The quantitative estimate of drug-likeness (QED) is 0.382. The SMILES string of the molecule is C[Si](C)OC12CC3CC(CC(C3)C1=C1c3ccccc3-c3ccc(C(C)(C)C)cc31)C2. The highest BCUT2D eigenvalue weighted by Gasteiger charge is 2.56. The molecule has 5 aliphatic carbocycles. The standard InChI is InChI=1S/C29H35OSi/c1-28(2,3)21-10-11-23-22-8-6-7-9-24(22)26(25(23)15-21)27-20-13-18-12-19(14-20)17-29(27,16-18)30-31(4)5/h6-11,15,18-20H,12-14,16-17H2,1-5H3. The van der Waals surface area contributed by atoms with Gasteiger partial charge in [0.2, 0.25) is 9.04 Å². The molecule has 2 unspecified atom stereocenters. The summed E-state index contributed by atoms with van der Waals surface area (Å²) in [4.78, 5) is 0. The topological polar surface area (TPSA) is 9.23 Å². The summed E-state index contributed by atoms with van der Waals surface area (Å²) in [5.41, 5.74) is 10.6. The molecule has 0 N–H and O–H groups in total. The van der Waals surface area contributed by atoms with E-state index in [0.29, 0.717) is 5.92 Å². The molecule has 0 heterocycles. The van der Waals surface area contributed by atoms with Crippen LogP contribution in [0.1, 0.15) is 69.6 Å². The molecule has 2 atom stereocenters. The van der Waals surface area contributed by atoms with Crippen molar-refractivity contribution in [2.45, 2.75) is 77.0 Å². The third-order valence-electron chi connectivity index (χ3n) is 8.35. The van der Waals surface area contributed by atoms with Crippen LogP contribution in [0.4, 0.5) is 0 Å². The number of rotatable bonds is 2. The lowest BCUT2D eigenvalue weighted by molar-refractivity contribution is -0.0601. The average molecular weight is 428 g/mol. The lowest BCUT2D eigenvalue weighted by atomic mass is 9.51. The normalized spacial score (nSPS) is 33.2. The van der Waals surface area contributed by atoms with Crippen LogP contribution in [0.5, 0.6) is 0 Å². The Morgan fingerprint density at radius 3 is 2.13 bits per heavy atom. The number of hydrogen-bond donors (Lipinski definition) is 0. The minimum Gasteiger partial charge on any atom is -0.408 e. The molecule has 0 aliphatic heterocycles. The molecule has 2 heteroatoms. The van der Waals surface area contributed by atoms with E-state index < -0.39 is 9.04 Å². The van der Waals surface area contributed by atoms with Crippen molar-refractivity contribution in [3.8, 4) is 11.1 Å². The fourth-order valence-corrected chi connectivity index (χ4v) is 8.58. The highest BCUT2D eigenvalue weighted by Crippen LogP contribution is 2.63. The summed E-state index contributed by atoms with van der Waals surface area (Å²) in [5.74, 6) is 2.46. The molecule has 0 amide bonds. The Hall–Kier alpha value is -1.64. The Labute approximate surface area is 189 Å². The Morgan fingerprint density at radius 1 is 0.839 bits per heavy atom. The van der Waals surface area contributed by atoms with Crippen molar-refractivity contribution in [1.82, 2.24) is 0 Å². The molecule has 0 spiro atoms. The summed E-state index contributed by atoms with van der Waals surface area (Å²) in [5, 5.41) is 0. The summed E-state index contributed by atoms with van der Waals surface area (Å²) in [6.07, 6.45) is 6.72. The van der Waals surface area contributed by atoms with Crippen LogP contribution in [-0.4, -0.2) is 14.6 Å². The lowest BCUT2D eigenvalue weighted by Crippen LogP contribution is -2.55. The van der Waals surface area contributed by atoms with E-state index in [1.807, 2.05) is 0 Å². The lowest BCUT2D eigenvalue weighted by Gasteiger charge is -2.59. The van der Waals surface area contributed by atoms with Crippen LogP contribution in [0.25, 0.3) is 16.7 Å². The molecular formula is C29H35OSi. The first-order valence-corrected chi connectivity index (χ1v) is 14.6. The average Bonchev–Trinajstić information content (AvgIpc) is 3.00. The van der Waals surface area contributed by atoms with Crippen LogP contribution >= 0.6 is 0 Å². The Balaban J connectivity index is 1.64. The van der Waals surface area contributed by atoms with Crippen molar-refractivity contribution in [3.63, 3.8) is 0 Å². The molecule has 1 radical (unpaired) electrons. The van der Waals surface area contributed by atoms with E-state index in [0.717, 1.165) is 11.8 Å². The zero-order valence-corrected chi connectivity index (χ0v) is 20.7. The van der Waals surface area contributed by atoms with Gasteiger partial charge >= 0.3 is 0 Å². The molecule has 2 aromatic carbocycles. The molecule has 4 fully saturated rings. The first-order chi connectivity index (χ1) is 14.7. The summed E-state index contributed by atoms with van der Waals surface area (Å²) < 4.78 is 7.05. The van der Waals surface area contributed by atoms with Gasteiger partial charge in [-0.05, 0) is 113 Å². The van der Waals surface area contributed by atoms with Gasteiger partial charge in [0.1, 0.15) is 0 Å². The van der Waals surface area contributed by atoms with Gasteiger partial charge < -0.3 is 4.43 Å². The Kier molecular flexibility index (Phi) is 4.31. The van der Waals surface area contributed by atoms with E-state index in [4.69, 9.17) is 4.43 Å². The fraction of sp³-hybridized carbons (Fsp3) is 0.517. The molecule has 1 nitrogen and oxygen atoms in total. The number of fused-ring (bicyclic) bond motifs is 3. The van der Waals surface area contributed by atoms with Crippen molar-refractivity contribution in [3.05, 3.63) is 64.7 Å². The van der Waals surface area contributed by atoms with Crippen LogP contribution in [0.3, 0.4) is 0 Å². The molecular weight excluding hydrogens is 392 g/mol. The predicted molar refractivity (Wildman–Crippen MR) is 131 cm³/mol. The van der Waals surface area contributed by atoms with Gasteiger partial charge in [-0.1, -0.05) is 57.2 Å². The van der Waals surface area contributed by atoms with E-state index in [-0.39, 0.29) is 11.0 Å². The van der Waals surface area contributed by atoms with Crippen molar-refractivity contribution in [1.29, 1.82) is 0 Å². The molecule has 5 aliphatic rings. The Bertz CT molecular complexity index is 1070. The van der Waals surface area contributed by atoms with Gasteiger partial charge in [0.25, 0.3) is 0 Å². The minimum absolute atomic E-state index is 0.00562.